The summed E-state index contributed by atoms with van der Waals surface area (Å²) in [6.07, 6.45) is 5.39. The number of halogens is 1. The van der Waals surface area contributed by atoms with Crippen LogP contribution in [-0.4, -0.2) is 48.2 Å². The Morgan fingerprint density at radius 1 is 1.30 bits per heavy atom. The standard InChI is InChI=1S/C21H22FN9O2/c1-11-8-25-31(30-11)16-6-15(9-24-10-16)27-19-14(7-23)5-17(22)20(29-19)28-18(13-3-4-13)12(2)26-21(32)33/h5-6,8-10,12-13,18,26H,3-4H2,1-2H3,(H,32,33)(H2,27,28,29)/t12-,18+/m0/s1. The second kappa shape index (κ2) is 9.07. The Kier molecular flexibility index (Phi) is 6.03. The maximum atomic E-state index is 14.7. The zero-order chi connectivity index (χ0) is 23.5. The summed E-state index contributed by atoms with van der Waals surface area (Å²) in [6.45, 7) is 3.53. The number of nitrogens with zero attached hydrogens (tertiary/aromatic N) is 6. The number of hydrogen-bond acceptors (Lipinski definition) is 8. The molecule has 33 heavy (non-hydrogen) atoms. The summed E-state index contributed by atoms with van der Waals surface area (Å²) in [5.41, 5.74) is 1.85. The predicted molar refractivity (Wildman–Crippen MR) is 117 cm³/mol. The number of nitriles is 1. The molecular formula is C21H22FN9O2. The van der Waals surface area contributed by atoms with Gasteiger partial charge in [-0.25, -0.2) is 14.2 Å². The van der Waals surface area contributed by atoms with Crippen LogP contribution < -0.4 is 16.0 Å². The Bertz CT molecular complexity index is 1220. The highest BCUT2D eigenvalue weighted by Gasteiger charge is 2.36. The fraction of sp³-hybridized carbons (Fsp3) is 0.333. The molecule has 4 N–H and O–H groups in total. The number of rotatable bonds is 8. The molecule has 4 rings (SSSR count). The van der Waals surface area contributed by atoms with E-state index in [4.69, 9.17) is 5.11 Å². The average molecular weight is 451 g/mol. The van der Waals surface area contributed by atoms with E-state index >= 15 is 0 Å². The van der Waals surface area contributed by atoms with Crippen molar-refractivity contribution < 1.29 is 14.3 Å². The van der Waals surface area contributed by atoms with E-state index in [1.807, 2.05) is 13.0 Å². The van der Waals surface area contributed by atoms with Crippen molar-refractivity contribution in [2.24, 2.45) is 5.92 Å². The van der Waals surface area contributed by atoms with Crippen LogP contribution >= 0.6 is 0 Å². The van der Waals surface area contributed by atoms with Gasteiger partial charge < -0.3 is 21.1 Å². The first-order valence-electron chi connectivity index (χ1n) is 10.3. The molecule has 0 aromatic carbocycles. The lowest BCUT2D eigenvalue weighted by Crippen LogP contribution is -2.45. The second-order valence-corrected chi connectivity index (χ2v) is 7.90. The van der Waals surface area contributed by atoms with Gasteiger partial charge in [0.25, 0.3) is 0 Å². The molecule has 0 unspecified atom stereocenters. The predicted octanol–water partition coefficient (Wildman–Crippen LogP) is 2.97. The lowest BCUT2D eigenvalue weighted by atomic mass is 10.0. The van der Waals surface area contributed by atoms with E-state index in [9.17, 15) is 14.4 Å². The van der Waals surface area contributed by atoms with Crippen LogP contribution in [0.25, 0.3) is 5.69 Å². The van der Waals surface area contributed by atoms with Crippen molar-refractivity contribution in [2.75, 3.05) is 10.6 Å². The van der Waals surface area contributed by atoms with E-state index in [1.165, 1.54) is 11.0 Å². The third-order valence-electron chi connectivity index (χ3n) is 5.24. The zero-order valence-electron chi connectivity index (χ0n) is 17.9. The fourth-order valence-corrected chi connectivity index (χ4v) is 3.53. The lowest BCUT2D eigenvalue weighted by Gasteiger charge is -2.26. The average Bonchev–Trinajstić information content (AvgIpc) is 3.52. The summed E-state index contributed by atoms with van der Waals surface area (Å²) in [5.74, 6) is -0.432. The summed E-state index contributed by atoms with van der Waals surface area (Å²) in [5, 5.41) is 35.4. The number of amides is 1. The Morgan fingerprint density at radius 2 is 2.09 bits per heavy atom. The topological polar surface area (TPSA) is 154 Å². The van der Waals surface area contributed by atoms with Crippen molar-refractivity contribution in [2.45, 2.75) is 38.8 Å². The number of aromatic nitrogens is 5. The van der Waals surface area contributed by atoms with Gasteiger partial charge in [0, 0.05) is 6.04 Å². The monoisotopic (exact) mass is 451 g/mol. The molecule has 3 heterocycles. The minimum Gasteiger partial charge on any atom is -0.465 e. The number of carboxylic acid groups (broad SMARTS) is 1. The van der Waals surface area contributed by atoms with E-state index in [0.29, 0.717) is 11.4 Å². The molecule has 0 spiro atoms. The van der Waals surface area contributed by atoms with Crippen molar-refractivity contribution in [1.29, 1.82) is 5.26 Å². The Labute approximate surface area is 188 Å². The first-order chi connectivity index (χ1) is 15.8. The van der Waals surface area contributed by atoms with Crippen LogP contribution in [0.2, 0.25) is 0 Å². The minimum atomic E-state index is -1.15. The smallest absolute Gasteiger partial charge is 0.404 e. The van der Waals surface area contributed by atoms with Crippen molar-refractivity contribution in [1.82, 2.24) is 30.3 Å². The fourth-order valence-electron chi connectivity index (χ4n) is 3.53. The van der Waals surface area contributed by atoms with E-state index in [1.54, 1.807) is 25.4 Å². The van der Waals surface area contributed by atoms with Crippen LogP contribution in [0.4, 0.5) is 26.5 Å². The molecule has 0 saturated heterocycles. The highest BCUT2D eigenvalue weighted by molar-refractivity contribution is 5.66. The van der Waals surface area contributed by atoms with Crippen LogP contribution in [0.15, 0.2) is 30.7 Å². The van der Waals surface area contributed by atoms with E-state index in [-0.39, 0.29) is 29.2 Å². The summed E-state index contributed by atoms with van der Waals surface area (Å²) in [4.78, 5) is 20.9. The van der Waals surface area contributed by atoms with E-state index in [2.05, 4.69) is 36.1 Å². The Morgan fingerprint density at radius 3 is 2.73 bits per heavy atom. The SMILES string of the molecule is Cc1cnn(-c2cncc(Nc3nc(N[C@@H](C4CC4)[C@H](C)NC(=O)O)c(F)cc3C#N)c2)n1. The summed E-state index contributed by atoms with van der Waals surface area (Å²) < 4.78 is 14.7. The van der Waals surface area contributed by atoms with Gasteiger partial charge in [0.2, 0.25) is 0 Å². The van der Waals surface area contributed by atoms with Crippen LogP contribution in [-0.2, 0) is 0 Å². The summed E-state index contributed by atoms with van der Waals surface area (Å²) in [6, 6.07) is 3.94. The van der Waals surface area contributed by atoms with Crippen LogP contribution in [0.3, 0.4) is 0 Å². The van der Waals surface area contributed by atoms with Crippen LogP contribution in [0, 0.1) is 30.0 Å². The van der Waals surface area contributed by atoms with Gasteiger partial charge in [-0.05, 0) is 44.7 Å². The van der Waals surface area contributed by atoms with Crippen LogP contribution in [0.5, 0.6) is 0 Å². The van der Waals surface area contributed by atoms with Crippen molar-refractivity contribution >= 4 is 23.4 Å². The maximum Gasteiger partial charge on any atom is 0.404 e. The van der Waals surface area contributed by atoms with Crippen molar-refractivity contribution in [3.05, 3.63) is 47.8 Å². The van der Waals surface area contributed by atoms with Crippen molar-refractivity contribution in [3.8, 4) is 11.8 Å². The van der Waals surface area contributed by atoms with Gasteiger partial charge in [-0.2, -0.15) is 15.5 Å². The zero-order valence-corrected chi connectivity index (χ0v) is 17.9. The van der Waals surface area contributed by atoms with Gasteiger partial charge >= 0.3 is 6.09 Å². The molecular weight excluding hydrogens is 429 g/mol. The third-order valence-corrected chi connectivity index (χ3v) is 5.24. The molecule has 3 aromatic rings. The number of nitrogens with one attached hydrogen (secondary N) is 3. The summed E-state index contributed by atoms with van der Waals surface area (Å²) in [7, 11) is 0. The molecule has 0 bridgehead atoms. The van der Waals surface area contributed by atoms with Gasteiger partial charge in [-0.15, -0.1) is 4.80 Å². The van der Waals surface area contributed by atoms with Gasteiger partial charge in [0.15, 0.2) is 17.5 Å². The number of carbonyl (C=O) groups is 1. The molecule has 1 amide bonds. The molecule has 0 radical (unpaired) electrons. The molecule has 2 atom stereocenters. The van der Waals surface area contributed by atoms with Gasteiger partial charge in [0.05, 0.1) is 41.6 Å². The second-order valence-electron chi connectivity index (χ2n) is 7.90. The molecule has 12 heteroatoms. The Balaban J connectivity index is 1.61. The molecule has 1 fully saturated rings. The molecule has 1 aliphatic carbocycles. The largest absolute Gasteiger partial charge is 0.465 e. The Hall–Kier alpha value is -4.27. The number of aryl methyl sites for hydroxylation is 1. The van der Waals surface area contributed by atoms with Crippen LogP contribution in [0.1, 0.15) is 31.0 Å². The minimum absolute atomic E-state index is 0.0104. The molecule has 3 aromatic heterocycles. The third kappa shape index (κ3) is 5.15. The highest BCUT2D eigenvalue weighted by Crippen LogP contribution is 2.36. The normalized spacial score (nSPS) is 14.7. The maximum absolute atomic E-state index is 14.7. The molecule has 0 aliphatic heterocycles. The molecule has 11 nitrogen and oxygen atoms in total. The first-order valence-corrected chi connectivity index (χ1v) is 10.3. The van der Waals surface area contributed by atoms with Gasteiger partial charge in [0.1, 0.15) is 11.8 Å². The highest BCUT2D eigenvalue weighted by atomic mass is 19.1. The number of hydrogen-bond donors (Lipinski definition) is 4. The van der Waals surface area contributed by atoms with E-state index in [0.717, 1.165) is 24.6 Å². The molecule has 1 aliphatic rings. The quantitative estimate of drug-likeness (QED) is 0.405. The van der Waals surface area contributed by atoms with Gasteiger partial charge in [-0.3, -0.25) is 4.98 Å². The lowest BCUT2D eigenvalue weighted by molar-refractivity contribution is 0.188. The number of anilines is 3. The summed E-state index contributed by atoms with van der Waals surface area (Å²) >= 11 is 0. The van der Waals surface area contributed by atoms with E-state index < -0.39 is 18.0 Å². The van der Waals surface area contributed by atoms with Crippen molar-refractivity contribution in [3.63, 3.8) is 0 Å². The molecule has 170 valence electrons. The number of pyridine rings is 2. The van der Waals surface area contributed by atoms with Gasteiger partial charge in [-0.1, -0.05) is 0 Å². The molecule has 1 saturated carbocycles. The first kappa shape index (κ1) is 21.9.